The Morgan fingerprint density at radius 1 is 1.29 bits per heavy atom. The highest BCUT2D eigenvalue weighted by molar-refractivity contribution is 5.48. The van der Waals surface area contributed by atoms with E-state index >= 15 is 0 Å². The molecule has 2 N–H and O–H groups in total. The lowest BCUT2D eigenvalue weighted by molar-refractivity contribution is 0.0795. The van der Waals surface area contributed by atoms with Crippen molar-refractivity contribution in [3.05, 3.63) is 23.3 Å². The third-order valence-corrected chi connectivity index (χ3v) is 2.70. The van der Waals surface area contributed by atoms with Gasteiger partial charge in [0.15, 0.2) is 11.5 Å². The third kappa shape index (κ3) is 3.11. The Morgan fingerprint density at radius 2 is 1.94 bits per heavy atom. The van der Waals surface area contributed by atoms with Crippen molar-refractivity contribution in [1.29, 1.82) is 0 Å². The van der Waals surface area contributed by atoms with Crippen LogP contribution in [0.15, 0.2) is 12.1 Å². The first-order valence-electron chi connectivity index (χ1n) is 5.78. The van der Waals surface area contributed by atoms with Gasteiger partial charge in [-0.2, -0.15) is 0 Å². The molecule has 17 heavy (non-hydrogen) atoms. The second-order valence-corrected chi connectivity index (χ2v) is 5.05. The van der Waals surface area contributed by atoms with Gasteiger partial charge < -0.3 is 19.9 Å². The van der Waals surface area contributed by atoms with Crippen molar-refractivity contribution in [1.82, 2.24) is 5.32 Å². The van der Waals surface area contributed by atoms with Crippen LogP contribution < -0.4 is 14.8 Å². The molecule has 0 bridgehead atoms. The maximum atomic E-state index is 9.61. The summed E-state index contributed by atoms with van der Waals surface area (Å²) >= 11 is 0. The number of hydrogen-bond donors (Lipinski definition) is 2. The van der Waals surface area contributed by atoms with Crippen LogP contribution in [-0.2, 0) is 6.54 Å². The summed E-state index contributed by atoms with van der Waals surface area (Å²) in [5, 5.41) is 12.8. The van der Waals surface area contributed by atoms with Crippen molar-refractivity contribution in [2.24, 2.45) is 0 Å². The summed E-state index contributed by atoms with van der Waals surface area (Å²) in [6.45, 7) is 7.19. The Kier molecular flexibility index (Phi) is 3.26. The van der Waals surface area contributed by atoms with E-state index in [-0.39, 0.29) is 0 Å². The zero-order chi connectivity index (χ0) is 12.5. The van der Waals surface area contributed by atoms with Crippen LogP contribution in [0.1, 0.15) is 25.0 Å². The lowest BCUT2D eigenvalue weighted by Gasteiger charge is -2.18. The average molecular weight is 237 g/mol. The maximum absolute atomic E-state index is 9.61. The molecule has 0 amide bonds. The average Bonchev–Trinajstić information content (AvgIpc) is 2.63. The van der Waals surface area contributed by atoms with Gasteiger partial charge in [0.25, 0.3) is 0 Å². The second-order valence-electron chi connectivity index (χ2n) is 5.05. The second kappa shape index (κ2) is 4.55. The molecule has 94 valence electrons. The molecule has 0 atom stereocenters. The fourth-order valence-electron chi connectivity index (χ4n) is 1.78. The SMILES string of the molecule is Cc1cc2c(cc1CNCC(C)(C)O)OCO2. The highest BCUT2D eigenvalue weighted by Crippen LogP contribution is 2.34. The van der Waals surface area contributed by atoms with E-state index in [1.807, 2.05) is 19.1 Å². The molecule has 0 unspecified atom stereocenters. The molecule has 0 radical (unpaired) electrons. The van der Waals surface area contributed by atoms with Crippen LogP contribution in [0.25, 0.3) is 0 Å². The van der Waals surface area contributed by atoms with Crippen molar-refractivity contribution in [2.75, 3.05) is 13.3 Å². The smallest absolute Gasteiger partial charge is 0.231 e. The van der Waals surface area contributed by atoms with Crippen LogP contribution in [0.2, 0.25) is 0 Å². The quantitative estimate of drug-likeness (QED) is 0.835. The van der Waals surface area contributed by atoms with E-state index in [2.05, 4.69) is 5.32 Å². The molecule has 0 aliphatic carbocycles. The van der Waals surface area contributed by atoms with E-state index in [1.54, 1.807) is 13.8 Å². The van der Waals surface area contributed by atoms with Crippen molar-refractivity contribution < 1.29 is 14.6 Å². The minimum absolute atomic E-state index is 0.301. The Hall–Kier alpha value is -1.26. The van der Waals surface area contributed by atoms with Gasteiger partial charge in [0.1, 0.15) is 0 Å². The summed E-state index contributed by atoms with van der Waals surface area (Å²) < 4.78 is 10.7. The van der Waals surface area contributed by atoms with Crippen LogP contribution in [0.5, 0.6) is 11.5 Å². The van der Waals surface area contributed by atoms with Crippen molar-refractivity contribution >= 4 is 0 Å². The van der Waals surface area contributed by atoms with Crippen LogP contribution in [0.3, 0.4) is 0 Å². The Morgan fingerprint density at radius 3 is 2.59 bits per heavy atom. The Labute approximate surface area is 102 Å². The summed E-state index contributed by atoms with van der Waals surface area (Å²) in [5.41, 5.74) is 1.64. The predicted octanol–water partition coefficient (Wildman–Crippen LogP) is 1.58. The molecule has 1 aromatic carbocycles. The number of aliphatic hydroxyl groups is 1. The first-order valence-corrected chi connectivity index (χ1v) is 5.78. The molecule has 1 aliphatic heterocycles. The van der Waals surface area contributed by atoms with Gasteiger partial charge in [-0.15, -0.1) is 0 Å². The van der Waals surface area contributed by atoms with E-state index in [0.717, 1.165) is 17.1 Å². The molecule has 0 saturated carbocycles. The fraction of sp³-hybridized carbons (Fsp3) is 0.538. The number of hydrogen-bond acceptors (Lipinski definition) is 4. The molecule has 2 rings (SSSR count). The van der Waals surface area contributed by atoms with Crippen molar-refractivity contribution in [3.8, 4) is 11.5 Å². The minimum Gasteiger partial charge on any atom is -0.454 e. The van der Waals surface area contributed by atoms with Crippen LogP contribution in [0, 0.1) is 6.92 Å². The number of benzene rings is 1. The molecule has 0 saturated heterocycles. The summed E-state index contributed by atoms with van der Waals surface area (Å²) in [4.78, 5) is 0. The van der Waals surface area contributed by atoms with Gasteiger partial charge in [-0.1, -0.05) is 0 Å². The molecule has 0 aromatic heterocycles. The van der Waals surface area contributed by atoms with Gasteiger partial charge >= 0.3 is 0 Å². The Bertz CT molecular complexity index is 410. The molecule has 1 aromatic rings. The number of ether oxygens (including phenoxy) is 2. The lowest BCUT2D eigenvalue weighted by Crippen LogP contribution is -2.34. The summed E-state index contributed by atoms with van der Waals surface area (Å²) in [6, 6.07) is 3.98. The molecule has 4 heteroatoms. The largest absolute Gasteiger partial charge is 0.454 e. The summed E-state index contributed by atoms with van der Waals surface area (Å²) in [6.07, 6.45) is 0. The highest BCUT2D eigenvalue weighted by atomic mass is 16.7. The van der Waals surface area contributed by atoms with Crippen molar-refractivity contribution in [3.63, 3.8) is 0 Å². The van der Waals surface area contributed by atoms with Gasteiger partial charge in [-0.3, -0.25) is 0 Å². The van der Waals surface area contributed by atoms with Crippen LogP contribution in [-0.4, -0.2) is 24.0 Å². The Balaban J connectivity index is 2.02. The summed E-state index contributed by atoms with van der Waals surface area (Å²) in [5.74, 6) is 1.62. The molecule has 1 aliphatic rings. The monoisotopic (exact) mass is 237 g/mol. The zero-order valence-electron chi connectivity index (χ0n) is 10.5. The number of aryl methyl sites for hydroxylation is 1. The van der Waals surface area contributed by atoms with E-state index in [0.29, 0.717) is 19.9 Å². The fourth-order valence-corrected chi connectivity index (χ4v) is 1.78. The maximum Gasteiger partial charge on any atom is 0.231 e. The molecule has 4 nitrogen and oxygen atoms in total. The van der Waals surface area contributed by atoms with E-state index < -0.39 is 5.60 Å². The molecule has 0 spiro atoms. The zero-order valence-corrected chi connectivity index (χ0v) is 10.5. The minimum atomic E-state index is -0.690. The molecular weight excluding hydrogens is 218 g/mol. The standard InChI is InChI=1S/C13H19NO3/c1-9-4-11-12(17-8-16-11)5-10(9)6-14-7-13(2,3)15/h4-5,14-15H,6-8H2,1-3H3. The van der Waals surface area contributed by atoms with Crippen LogP contribution >= 0.6 is 0 Å². The van der Waals surface area contributed by atoms with Crippen molar-refractivity contribution in [2.45, 2.75) is 32.9 Å². The van der Waals surface area contributed by atoms with Gasteiger partial charge in [-0.05, 0) is 44.0 Å². The van der Waals surface area contributed by atoms with Crippen LogP contribution in [0.4, 0.5) is 0 Å². The summed E-state index contributed by atoms with van der Waals surface area (Å²) in [7, 11) is 0. The molecular formula is C13H19NO3. The van der Waals surface area contributed by atoms with E-state index in [1.165, 1.54) is 5.56 Å². The van der Waals surface area contributed by atoms with Gasteiger partial charge in [-0.25, -0.2) is 0 Å². The molecule has 0 fully saturated rings. The number of fused-ring (bicyclic) bond motifs is 1. The van der Waals surface area contributed by atoms with E-state index in [9.17, 15) is 5.11 Å². The van der Waals surface area contributed by atoms with Gasteiger partial charge in [0, 0.05) is 13.1 Å². The van der Waals surface area contributed by atoms with Gasteiger partial charge in [0.05, 0.1) is 5.60 Å². The van der Waals surface area contributed by atoms with Gasteiger partial charge in [0.2, 0.25) is 6.79 Å². The highest BCUT2D eigenvalue weighted by Gasteiger charge is 2.16. The number of rotatable bonds is 4. The lowest BCUT2D eigenvalue weighted by atomic mass is 10.1. The number of nitrogens with one attached hydrogen (secondary N) is 1. The third-order valence-electron chi connectivity index (χ3n) is 2.70. The predicted molar refractivity (Wildman–Crippen MR) is 65.3 cm³/mol. The van der Waals surface area contributed by atoms with E-state index in [4.69, 9.17) is 9.47 Å². The first kappa shape index (κ1) is 12.2. The molecule has 1 heterocycles. The topological polar surface area (TPSA) is 50.7 Å². The normalized spacial score (nSPS) is 14.1. The first-order chi connectivity index (χ1) is 7.96.